The molecule has 1 unspecified atom stereocenters. The van der Waals surface area contributed by atoms with Gasteiger partial charge in [-0.25, -0.2) is 0 Å². The molecule has 1 rings (SSSR count). The van der Waals surface area contributed by atoms with Gasteiger partial charge in [-0.3, -0.25) is 14.9 Å². The predicted molar refractivity (Wildman–Crippen MR) is 75.0 cm³/mol. The maximum Gasteiger partial charge on any atom is 0.269 e. The molecule has 4 nitrogen and oxygen atoms in total. The normalized spacial score (nSPS) is 13.1. The summed E-state index contributed by atoms with van der Waals surface area (Å²) >= 11 is 0. The first-order valence-electron chi connectivity index (χ1n) is 6.45. The standard InChI is InChI=1S/C15H21NO3/c1-11(15(2,3)4)9-14(17)10-12-5-7-13(8-6-12)16(18)19/h5-8,11H,9-10H2,1-4H3. The van der Waals surface area contributed by atoms with Gasteiger partial charge in [0.05, 0.1) is 4.92 Å². The quantitative estimate of drug-likeness (QED) is 0.600. The Bertz CT molecular complexity index is 457. The number of non-ortho nitro benzene ring substituents is 1. The van der Waals surface area contributed by atoms with E-state index in [1.807, 2.05) is 0 Å². The molecule has 0 saturated heterocycles. The molecule has 0 fully saturated rings. The molecular weight excluding hydrogens is 242 g/mol. The van der Waals surface area contributed by atoms with Crippen LogP contribution in [0.15, 0.2) is 24.3 Å². The van der Waals surface area contributed by atoms with Gasteiger partial charge in [-0.2, -0.15) is 0 Å². The maximum atomic E-state index is 12.0. The van der Waals surface area contributed by atoms with Crippen molar-refractivity contribution in [3.63, 3.8) is 0 Å². The van der Waals surface area contributed by atoms with E-state index in [0.29, 0.717) is 18.8 Å². The Morgan fingerprint density at radius 3 is 2.21 bits per heavy atom. The minimum atomic E-state index is -0.437. The smallest absolute Gasteiger partial charge is 0.269 e. The highest BCUT2D eigenvalue weighted by molar-refractivity contribution is 5.81. The summed E-state index contributed by atoms with van der Waals surface area (Å²) in [5, 5.41) is 10.5. The van der Waals surface area contributed by atoms with Crippen LogP contribution in [0.2, 0.25) is 0 Å². The van der Waals surface area contributed by atoms with Gasteiger partial charge in [-0.15, -0.1) is 0 Å². The summed E-state index contributed by atoms with van der Waals surface area (Å²) in [6, 6.07) is 6.18. The molecule has 0 aliphatic carbocycles. The summed E-state index contributed by atoms with van der Waals surface area (Å²) in [5.74, 6) is 0.495. The highest BCUT2D eigenvalue weighted by atomic mass is 16.6. The summed E-state index contributed by atoms with van der Waals surface area (Å²) in [7, 11) is 0. The highest BCUT2D eigenvalue weighted by Gasteiger charge is 2.22. The second-order valence-electron chi connectivity index (χ2n) is 6.11. The number of Topliss-reactive ketones (excluding diaryl/α,β-unsaturated/α-hetero) is 1. The Morgan fingerprint density at radius 1 is 1.26 bits per heavy atom. The molecule has 0 amide bonds. The molecule has 0 N–H and O–H groups in total. The first kappa shape index (κ1) is 15.3. The summed E-state index contributed by atoms with van der Waals surface area (Å²) in [4.78, 5) is 22.0. The zero-order valence-corrected chi connectivity index (χ0v) is 12.0. The largest absolute Gasteiger partial charge is 0.299 e. The second kappa shape index (κ2) is 5.95. The first-order chi connectivity index (χ1) is 8.70. The van der Waals surface area contributed by atoms with Crippen LogP contribution in [0.5, 0.6) is 0 Å². The van der Waals surface area contributed by atoms with E-state index in [1.165, 1.54) is 12.1 Å². The molecule has 4 heteroatoms. The van der Waals surface area contributed by atoms with Crippen LogP contribution in [0.3, 0.4) is 0 Å². The molecule has 1 atom stereocenters. The second-order valence-corrected chi connectivity index (χ2v) is 6.11. The number of nitrogens with zero attached hydrogens (tertiary/aromatic N) is 1. The van der Waals surface area contributed by atoms with Gasteiger partial charge in [0.25, 0.3) is 5.69 Å². The van der Waals surface area contributed by atoms with Crippen molar-refractivity contribution in [2.75, 3.05) is 0 Å². The molecule has 0 spiro atoms. The van der Waals surface area contributed by atoms with E-state index >= 15 is 0 Å². The average molecular weight is 263 g/mol. The predicted octanol–water partition coefficient (Wildman–Crippen LogP) is 3.78. The van der Waals surface area contributed by atoms with Gasteiger partial charge in [0.2, 0.25) is 0 Å². The number of hydrogen-bond donors (Lipinski definition) is 0. The van der Waals surface area contributed by atoms with Gasteiger partial charge in [0.15, 0.2) is 0 Å². The van der Waals surface area contributed by atoms with Crippen molar-refractivity contribution in [3.05, 3.63) is 39.9 Å². The molecule has 0 heterocycles. The fourth-order valence-electron chi connectivity index (χ4n) is 1.68. The summed E-state index contributed by atoms with van der Waals surface area (Å²) in [6.45, 7) is 8.44. The van der Waals surface area contributed by atoms with E-state index < -0.39 is 4.92 Å². The molecule has 0 radical (unpaired) electrons. The van der Waals surface area contributed by atoms with Crippen LogP contribution in [0.25, 0.3) is 0 Å². The van der Waals surface area contributed by atoms with Crippen molar-refractivity contribution >= 4 is 11.5 Å². The lowest BCUT2D eigenvalue weighted by molar-refractivity contribution is -0.384. The molecule has 0 bridgehead atoms. The topological polar surface area (TPSA) is 60.2 Å². The van der Waals surface area contributed by atoms with Gasteiger partial charge in [-0.05, 0) is 16.9 Å². The monoisotopic (exact) mass is 263 g/mol. The van der Waals surface area contributed by atoms with Crippen LogP contribution < -0.4 is 0 Å². The Morgan fingerprint density at radius 2 is 1.79 bits per heavy atom. The molecule has 1 aromatic carbocycles. The minimum Gasteiger partial charge on any atom is -0.299 e. The number of hydrogen-bond acceptors (Lipinski definition) is 3. The van der Waals surface area contributed by atoms with E-state index in [4.69, 9.17) is 0 Å². The summed E-state index contributed by atoms with van der Waals surface area (Å²) in [6.07, 6.45) is 0.888. The van der Waals surface area contributed by atoms with Crippen LogP contribution in [0.1, 0.15) is 39.7 Å². The number of carbonyl (C=O) groups is 1. The number of benzene rings is 1. The Labute approximate surface area is 114 Å². The van der Waals surface area contributed by atoms with E-state index in [9.17, 15) is 14.9 Å². The van der Waals surface area contributed by atoms with Crippen molar-refractivity contribution in [3.8, 4) is 0 Å². The van der Waals surface area contributed by atoms with Gasteiger partial charge >= 0.3 is 0 Å². The van der Waals surface area contributed by atoms with E-state index in [1.54, 1.807) is 12.1 Å². The molecule has 0 aliphatic heterocycles. The van der Waals surface area contributed by atoms with Crippen molar-refractivity contribution in [2.24, 2.45) is 11.3 Å². The number of rotatable bonds is 5. The summed E-state index contributed by atoms with van der Waals surface area (Å²) in [5.41, 5.74) is 1.00. The fourth-order valence-corrected chi connectivity index (χ4v) is 1.68. The zero-order valence-electron chi connectivity index (χ0n) is 12.0. The Balaban J connectivity index is 2.60. The van der Waals surface area contributed by atoms with E-state index in [2.05, 4.69) is 27.7 Å². The van der Waals surface area contributed by atoms with E-state index in [0.717, 1.165) is 5.56 Å². The molecular formula is C15H21NO3. The van der Waals surface area contributed by atoms with Gasteiger partial charge in [-0.1, -0.05) is 39.8 Å². The lowest BCUT2D eigenvalue weighted by Crippen LogP contribution is -2.21. The fraction of sp³-hybridized carbons (Fsp3) is 0.533. The Hall–Kier alpha value is -1.71. The van der Waals surface area contributed by atoms with Crippen LogP contribution >= 0.6 is 0 Å². The lowest BCUT2D eigenvalue weighted by Gasteiger charge is -2.26. The number of ketones is 1. The van der Waals surface area contributed by atoms with Gasteiger partial charge in [0.1, 0.15) is 5.78 Å². The highest BCUT2D eigenvalue weighted by Crippen LogP contribution is 2.28. The van der Waals surface area contributed by atoms with Crippen molar-refractivity contribution in [2.45, 2.75) is 40.5 Å². The van der Waals surface area contributed by atoms with Crippen molar-refractivity contribution < 1.29 is 9.72 Å². The van der Waals surface area contributed by atoms with Crippen molar-refractivity contribution in [1.29, 1.82) is 0 Å². The van der Waals surface area contributed by atoms with Crippen molar-refractivity contribution in [1.82, 2.24) is 0 Å². The number of nitro benzene ring substituents is 1. The molecule has 19 heavy (non-hydrogen) atoms. The maximum absolute atomic E-state index is 12.0. The van der Waals surface area contributed by atoms with E-state index in [-0.39, 0.29) is 16.9 Å². The minimum absolute atomic E-state index is 0.0549. The van der Waals surface area contributed by atoms with Gasteiger partial charge in [0, 0.05) is 25.0 Å². The van der Waals surface area contributed by atoms with Crippen LogP contribution in [0.4, 0.5) is 5.69 Å². The van der Waals surface area contributed by atoms with Crippen LogP contribution in [0, 0.1) is 21.4 Å². The molecule has 104 valence electrons. The third-order valence-electron chi connectivity index (χ3n) is 3.56. The molecule has 0 saturated carbocycles. The zero-order chi connectivity index (χ0) is 14.6. The van der Waals surface area contributed by atoms with Gasteiger partial charge < -0.3 is 0 Å². The molecule has 0 aliphatic rings. The lowest BCUT2D eigenvalue weighted by atomic mass is 9.79. The number of nitro groups is 1. The van der Waals surface area contributed by atoms with Crippen LogP contribution in [-0.4, -0.2) is 10.7 Å². The third-order valence-corrected chi connectivity index (χ3v) is 3.56. The number of carbonyl (C=O) groups excluding carboxylic acids is 1. The average Bonchev–Trinajstić information content (AvgIpc) is 2.28. The molecule has 1 aromatic rings. The third kappa shape index (κ3) is 4.81. The molecule has 0 aromatic heterocycles. The Kier molecular flexibility index (Phi) is 4.81. The summed E-state index contributed by atoms with van der Waals surface area (Å²) < 4.78 is 0. The SMILES string of the molecule is CC(CC(=O)Cc1ccc([N+](=O)[O-])cc1)C(C)(C)C. The first-order valence-corrected chi connectivity index (χ1v) is 6.45. The van der Waals surface area contributed by atoms with Crippen LogP contribution in [-0.2, 0) is 11.2 Å².